The van der Waals surface area contributed by atoms with Gasteiger partial charge in [-0.05, 0) is 24.7 Å². The van der Waals surface area contributed by atoms with Crippen molar-refractivity contribution in [2.24, 2.45) is 11.8 Å². The Labute approximate surface area is 117 Å². The van der Waals surface area contributed by atoms with Crippen molar-refractivity contribution < 1.29 is 14.0 Å². The van der Waals surface area contributed by atoms with Gasteiger partial charge >= 0.3 is 6.03 Å². The van der Waals surface area contributed by atoms with Crippen molar-refractivity contribution in [1.82, 2.24) is 14.8 Å². The number of urea groups is 1. The summed E-state index contributed by atoms with van der Waals surface area (Å²) in [5, 5.41) is 0. The van der Waals surface area contributed by atoms with E-state index in [9.17, 15) is 9.59 Å². The monoisotopic (exact) mass is 277 g/mol. The summed E-state index contributed by atoms with van der Waals surface area (Å²) in [5.41, 5.74) is 0.711. The van der Waals surface area contributed by atoms with Crippen LogP contribution in [0.15, 0.2) is 17.1 Å². The van der Waals surface area contributed by atoms with Gasteiger partial charge in [-0.2, -0.15) is 0 Å². The number of hydrogen-bond donors (Lipinski definition) is 0. The van der Waals surface area contributed by atoms with Crippen molar-refractivity contribution in [3.63, 3.8) is 0 Å². The van der Waals surface area contributed by atoms with Gasteiger partial charge in [0.2, 0.25) is 5.91 Å². The SMILES string of the molecule is CC(CN1C(=O)CCN(Cc2cocn2)C1=O)C1CC1. The van der Waals surface area contributed by atoms with Crippen molar-refractivity contribution in [2.45, 2.75) is 32.7 Å². The van der Waals surface area contributed by atoms with Gasteiger partial charge in [-0.1, -0.05) is 6.92 Å². The standard InChI is InChI=1S/C14H19N3O3/c1-10(11-2-3-11)6-17-13(18)4-5-16(14(17)19)7-12-8-20-9-15-12/h8-11H,2-7H2,1H3. The van der Waals surface area contributed by atoms with E-state index in [1.54, 1.807) is 4.90 Å². The molecule has 6 heteroatoms. The lowest BCUT2D eigenvalue weighted by molar-refractivity contribution is -0.131. The second-order valence-corrected chi connectivity index (χ2v) is 5.75. The minimum absolute atomic E-state index is 0.0566. The van der Waals surface area contributed by atoms with Gasteiger partial charge < -0.3 is 9.32 Å². The summed E-state index contributed by atoms with van der Waals surface area (Å²) in [7, 11) is 0. The molecule has 3 amide bonds. The van der Waals surface area contributed by atoms with Gasteiger partial charge in [-0.15, -0.1) is 0 Å². The van der Waals surface area contributed by atoms with E-state index in [4.69, 9.17) is 4.42 Å². The Morgan fingerprint density at radius 2 is 2.25 bits per heavy atom. The molecule has 3 rings (SSSR count). The van der Waals surface area contributed by atoms with Crippen LogP contribution in [-0.4, -0.2) is 39.8 Å². The van der Waals surface area contributed by atoms with Crippen LogP contribution in [-0.2, 0) is 11.3 Å². The number of nitrogens with zero attached hydrogens (tertiary/aromatic N) is 3. The third-order valence-corrected chi connectivity index (χ3v) is 4.13. The molecule has 0 bridgehead atoms. The predicted octanol–water partition coefficient (Wildman–Crippen LogP) is 1.88. The van der Waals surface area contributed by atoms with E-state index in [1.165, 1.54) is 30.4 Å². The first-order valence-electron chi connectivity index (χ1n) is 7.11. The Balaban J connectivity index is 1.65. The van der Waals surface area contributed by atoms with Crippen LogP contribution < -0.4 is 0 Å². The summed E-state index contributed by atoms with van der Waals surface area (Å²) < 4.78 is 4.91. The summed E-state index contributed by atoms with van der Waals surface area (Å²) in [6, 6.07) is -0.197. The molecule has 1 saturated heterocycles. The number of hydrogen-bond acceptors (Lipinski definition) is 4. The topological polar surface area (TPSA) is 66.7 Å². The van der Waals surface area contributed by atoms with Crippen molar-refractivity contribution in [3.8, 4) is 0 Å². The van der Waals surface area contributed by atoms with Crippen LogP contribution >= 0.6 is 0 Å². The number of imide groups is 1. The van der Waals surface area contributed by atoms with Crippen LogP contribution in [0.3, 0.4) is 0 Å². The maximum atomic E-state index is 12.4. The highest BCUT2D eigenvalue weighted by Gasteiger charge is 2.36. The minimum atomic E-state index is -0.197. The van der Waals surface area contributed by atoms with E-state index in [-0.39, 0.29) is 11.9 Å². The molecule has 108 valence electrons. The van der Waals surface area contributed by atoms with Crippen molar-refractivity contribution in [3.05, 3.63) is 18.4 Å². The zero-order valence-electron chi connectivity index (χ0n) is 11.6. The molecule has 2 aliphatic rings. The van der Waals surface area contributed by atoms with Crippen molar-refractivity contribution in [1.29, 1.82) is 0 Å². The van der Waals surface area contributed by atoms with Crippen LogP contribution in [0.1, 0.15) is 31.9 Å². The zero-order chi connectivity index (χ0) is 14.1. The molecule has 0 aromatic carbocycles. The lowest BCUT2D eigenvalue weighted by atomic mass is 10.1. The minimum Gasteiger partial charge on any atom is -0.451 e. The zero-order valence-corrected chi connectivity index (χ0v) is 11.6. The molecule has 1 unspecified atom stereocenters. The molecule has 1 aliphatic carbocycles. The van der Waals surface area contributed by atoms with E-state index in [0.29, 0.717) is 43.6 Å². The molecule has 0 N–H and O–H groups in total. The molecule has 0 spiro atoms. The van der Waals surface area contributed by atoms with Crippen LogP contribution in [0.25, 0.3) is 0 Å². The quantitative estimate of drug-likeness (QED) is 0.824. The van der Waals surface area contributed by atoms with Crippen molar-refractivity contribution in [2.75, 3.05) is 13.1 Å². The second kappa shape index (κ2) is 5.26. The maximum absolute atomic E-state index is 12.4. The molecule has 1 aromatic heterocycles. The molecule has 1 aliphatic heterocycles. The lowest BCUT2D eigenvalue weighted by Gasteiger charge is -2.35. The number of carbonyl (C=O) groups is 2. The van der Waals surface area contributed by atoms with Crippen LogP contribution in [0.5, 0.6) is 0 Å². The lowest BCUT2D eigenvalue weighted by Crippen LogP contribution is -2.53. The Morgan fingerprint density at radius 1 is 1.45 bits per heavy atom. The molecular weight excluding hydrogens is 258 g/mol. The highest BCUT2D eigenvalue weighted by molar-refractivity contribution is 5.96. The fourth-order valence-electron chi connectivity index (χ4n) is 2.68. The number of carbonyl (C=O) groups excluding carboxylic acids is 2. The average Bonchev–Trinajstić information content (AvgIpc) is 3.16. The van der Waals surface area contributed by atoms with Gasteiger partial charge in [-0.3, -0.25) is 9.69 Å². The van der Waals surface area contributed by atoms with E-state index in [1.807, 2.05) is 0 Å². The molecule has 1 saturated carbocycles. The third kappa shape index (κ3) is 2.69. The average molecular weight is 277 g/mol. The molecule has 0 radical (unpaired) electrons. The normalized spacial score (nSPS) is 21.4. The molecular formula is C14H19N3O3. The number of aromatic nitrogens is 1. The van der Waals surface area contributed by atoms with E-state index < -0.39 is 0 Å². The summed E-state index contributed by atoms with van der Waals surface area (Å²) >= 11 is 0. The number of oxazole rings is 1. The second-order valence-electron chi connectivity index (χ2n) is 5.75. The molecule has 1 atom stereocenters. The fraction of sp³-hybridized carbons (Fsp3) is 0.643. The molecule has 2 fully saturated rings. The van der Waals surface area contributed by atoms with Gasteiger partial charge in [0.25, 0.3) is 0 Å². The highest BCUT2D eigenvalue weighted by Crippen LogP contribution is 2.37. The Hall–Kier alpha value is -1.85. The van der Waals surface area contributed by atoms with Gasteiger partial charge in [0.1, 0.15) is 6.26 Å². The molecule has 6 nitrogen and oxygen atoms in total. The van der Waals surface area contributed by atoms with E-state index >= 15 is 0 Å². The Morgan fingerprint density at radius 3 is 2.90 bits per heavy atom. The molecule has 2 heterocycles. The van der Waals surface area contributed by atoms with Gasteiger partial charge in [0.05, 0.1) is 12.2 Å². The fourth-order valence-corrected chi connectivity index (χ4v) is 2.68. The van der Waals surface area contributed by atoms with Crippen molar-refractivity contribution >= 4 is 11.9 Å². The third-order valence-electron chi connectivity index (χ3n) is 4.13. The first kappa shape index (κ1) is 13.1. The smallest absolute Gasteiger partial charge is 0.327 e. The largest absolute Gasteiger partial charge is 0.451 e. The summed E-state index contributed by atoms with van der Waals surface area (Å²) in [5.74, 6) is 1.02. The van der Waals surface area contributed by atoms with Gasteiger partial charge in [0.15, 0.2) is 6.39 Å². The summed E-state index contributed by atoms with van der Waals surface area (Å²) in [6.45, 7) is 3.52. The number of amides is 3. The summed E-state index contributed by atoms with van der Waals surface area (Å²) in [6.07, 6.45) is 5.71. The predicted molar refractivity (Wildman–Crippen MR) is 70.5 cm³/mol. The highest BCUT2D eigenvalue weighted by atomic mass is 16.3. The Bertz CT molecular complexity index is 496. The maximum Gasteiger partial charge on any atom is 0.327 e. The van der Waals surface area contributed by atoms with Crippen LogP contribution in [0, 0.1) is 11.8 Å². The summed E-state index contributed by atoms with van der Waals surface area (Å²) in [4.78, 5) is 31.5. The van der Waals surface area contributed by atoms with Crippen LogP contribution in [0.4, 0.5) is 4.79 Å². The van der Waals surface area contributed by atoms with E-state index in [2.05, 4.69) is 11.9 Å². The first-order valence-corrected chi connectivity index (χ1v) is 7.11. The van der Waals surface area contributed by atoms with Gasteiger partial charge in [0, 0.05) is 19.5 Å². The molecule has 20 heavy (non-hydrogen) atoms. The van der Waals surface area contributed by atoms with Crippen LogP contribution in [0.2, 0.25) is 0 Å². The van der Waals surface area contributed by atoms with Gasteiger partial charge in [-0.25, -0.2) is 9.78 Å². The van der Waals surface area contributed by atoms with E-state index in [0.717, 1.165) is 0 Å². The Kier molecular flexibility index (Phi) is 3.46. The number of rotatable bonds is 5. The first-order chi connectivity index (χ1) is 9.65. The molecule has 1 aromatic rings.